The highest BCUT2D eigenvalue weighted by atomic mass is 16.7. The molecule has 4 fully saturated rings. The summed E-state index contributed by atoms with van der Waals surface area (Å²) in [6.07, 6.45) is 6.39. The van der Waals surface area contributed by atoms with Crippen LogP contribution >= 0.6 is 0 Å². The summed E-state index contributed by atoms with van der Waals surface area (Å²) in [7, 11) is 0. The maximum absolute atomic E-state index is 13.6. The summed E-state index contributed by atoms with van der Waals surface area (Å²) in [5.41, 5.74) is -0.454. The van der Waals surface area contributed by atoms with Gasteiger partial charge >= 0.3 is 5.97 Å². The molecule has 1 unspecified atom stereocenters. The van der Waals surface area contributed by atoms with E-state index in [2.05, 4.69) is 62.9 Å². The van der Waals surface area contributed by atoms with E-state index in [4.69, 9.17) is 9.47 Å². The summed E-state index contributed by atoms with van der Waals surface area (Å²) < 4.78 is 12.9. The van der Waals surface area contributed by atoms with E-state index >= 15 is 0 Å². The molecule has 0 radical (unpaired) electrons. The Kier molecular flexibility index (Phi) is 6.40. The van der Waals surface area contributed by atoms with Crippen LogP contribution in [0.25, 0.3) is 0 Å². The van der Waals surface area contributed by atoms with E-state index in [1.54, 1.807) is 0 Å². The van der Waals surface area contributed by atoms with Gasteiger partial charge in [0.15, 0.2) is 6.29 Å². The number of nitrogens with zero attached hydrogens (tertiary/aromatic N) is 1. The van der Waals surface area contributed by atoms with Crippen LogP contribution in [0.4, 0.5) is 0 Å². The summed E-state index contributed by atoms with van der Waals surface area (Å²) in [5.74, 6) is 0.283. The molecule has 1 N–H and O–H groups in total. The third-order valence-corrected chi connectivity index (χ3v) is 11.2. The highest BCUT2D eigenvalue weighted by molar-refractivity contribution is 5.90. The number of rotatable bonds is 8. The molecule has 4 bridgehead atoms. The molecule has 0 spiro atoms. The normalized spacial score (nSPS) is 43.8. The predicted octanol–water partition coefficient (Wildman–Crippen LogP) is 5.17. The van der Waals surface area contributed by atoms with E-state index in [-0.39, 0.29) is 23.9 Å². The third-order valence-electron chi connectivity index (χ3n) is 11.2. The SMILES string of the molecule is CC(C)C1=C[C@H]2C[C@]3(C=O)[C@@H]4CC[C@@H](C)[C@H]4CC2(CO[C@H]2CN(Cc4ccccc4)C[C@@H](C)O2)[C@]13C(=O)O. The average molecular weight is 522 g/mol. The number of aldehydes is 1. The minimum absolute atomic E-state index is 0.0210. The highest BCUT2D eigenvalue weighted by Crippen LogP contribution is 2.82. The van der Waals surface area contributed by atoms with Crippen LogP contribution in [-0.2, 0) is 25.6 Å². The fourth-order valence-corrected chi connectivity index (χ4v) is 9.93. The van der Waals surface area contributed by atoms with Crippen molar-refractivity contribution in [1.29, 1.82) is 0 Å². The fraction of sp³-hybridized carbons (Fsp3) is 0.688. The predicted molar refractivity (Wildman–Crippen MR) is 144 cm³/mol. The lowest BCUT2D eigenvalue weighted by atomic mass is 9.43. The van der Waals surface area contributed by atoms with Crippen molar-refractivity contribution in [3.8, 4) is 0 Å². The number of morpholine rings is 1. The molecule has 4 aliphatic carbocycles. The van der Waals surface area contributed by atoms with Gasteiger partial charge in [-0.25, -0.2) is 0 Å². The van der Waals surface area contributed by atoms with E-state index in [1.165, 1.54) is 5.56 Å². The number of allylic oxidation sites excluding steroid dienone is 1. The van der Waals surface area contributed by atoms with Gasteiger partial charge < -0.3 is 19.4 Å². The first-order valence-electron chi connectivity index (χ1n) is 14.6. The minimum Gasteiger partial charge on any atom is -0.481 e. The van der Waals surface area contributed by atoms with Gasteiger partial charge in [0, 0.05) is 25.0 Å². The largest absolute Gasteiger partial charge is 0.481 e. The van der Waals surface area contributed by atoms with Gasteiger partial charge in [0.05, 0.1) is 18.1 Å². The fourth-order valence-electron chi connectivity index (χ4n) is 9.93. The number of aliphatic carboxylic acids is 1. The second kappa shape index (κ2) is 9.28. The minimum atomic E-state index is -1.20. The van der Waals surface area contributed by atoms with Crippen LogP contribution in [0.15, 0.2) is 42.0 Å². The molecular formula is C32H43NO5. The molecule has 38 heavy (non-hydrogen) atoms. The Labute approximate surface area is 226 Å². The summed E-state index contributed by atoms with van der Waals surface area (Å²) in [5, 5.41) is 11.2. The van der Waals surface area contributed by atoms with Gasteiger partial charge in [0.2, 0.25) is 0 Å². The molecule has 5 aliphatic rings. The first-order chi connectivity index (χ1) is 18.2. The molecule has 0 aromatic heterocycles. The van der Waals surface area contributed by atoms with Gasteiger partial charge in [-0.1, -0.05) is 69.2 Å². The van der Waals surface area contributed by atoms with Crippen molar-refractivity contribution >= 4 is 12.3 Å². The summed E-state index contributed by atoms with van der Waals surface area (Å²) in [4.78, 5) is 29.2. The van der Waals surface area contributed by atoms with Gasteiger partial charge in [-0.3, -0.25) is 9.69 Å². The molecule has 1 heterocycles. The van der Waals surface area contributed by atoms with Gasteiger partial charge in [-0.2, -0.15) is 0 Å². The topological polar surface area (TPSA) is 76.1 Å². The van der Waals surface area contributed by atoms with Crippen LogP contribution in [0.2, 0.25) is 0 Å². The van der Waals surface area contributed by atoms with E-state index in [0.717, 1.165) is 44.2 Å². The molecule has 206 valence electrons. The molecule has 1 aromatic rings. The molecule has 3 saturated carbocycles. The third kappa shape index (κ3) is 3.42. The zero-order valence-corrected chi connectivity index (χ0v) is 23.3. The van der Waals surface area contributed by atoms with Crippen molar-refractivity contribution < 1.29 is 24.2 Å². The van der Waals surface area contributed by atoms with Crippen molar-refractivity contribution in [2.24, 2.45) is 45.8 Å². The van der Waals surface area contributed by atoms with E-state index in [9.17, 15) is 14.7 Å². The van der Waals surface area contributed by atoms with Crippen molar-refractivity contribution in [1.82, 2.24) is 4.90 Å². The van der Waals surface area contributed by atoms with Crippen molar-refractivity contribution in [3.05, 3.63) is 47.5 Å². The number of hydrogen-bond acceptors (Lipinski definition) is 5. The second-order valence-corrected chi connectivity index (χ2v) is 13.4. The smallest absolute Gasteiger partial charge is 0.315 e. The van der Waals surface area contributed by atoms with Gasteiger partial charge in [-0.15, -0.1) is 0 Å². The van der Waals surface area contributed by atoms with E-state index in [1.807, 2.05) is 6.07 Å². The summed E-state index contributed by atoms with van der Waals surface area (Å²) in [6, 6.07) is 10.4. The highest BCUT2D eigenvalue weighted by Gasteiger charge is 2.84. The number of hydrogen-bond donors (Lipinski definition) is 1. The van der Waals surface area contributed by atoms with Gasteiger partial charge in [0.1, 0.15) is 11.7 Å². The van der Waals surface area contributed by atoms with E-state index < -0.39 is 28.5 Å². The lowest BCUT2D eigenvalue weighted by Gasteiger charge is -2.58. The zero-order chi connectivity index (χ0) is 26.9. The quantitative estimate of drug-likeness (QED) is 0.376. The Morgan fingerprint density at radius 2 is 1.95 bits per heavy atom. The average Bonchev–Trinajstić information content (AvgIpc) is 3.45. The number of carboxylic acids is 1. The monoisotopic (exact) mass is 521 g/mol. The van der Waals surface area contributed by atoms with Crippen LogP contribution in [0, 0.1) is 45.8 Å². The zero-order valence-electron chi connectivity index (χ0n) is 23.3. The number of benzene rings is 1. The van der Waals surface area contributed by atoms with Gasteiger partial charge in [0.25, 0.3) is 0 Å². The van der Waals surface area contributed by atoms with Crippen LogP contribution in [0.1, 0.15) is 58.9 Å². The number of carbonyl (C=O) groups is 2. The van der Waals surface area contributed by atoms with Crippen LogP contribution in [-0.4, -0.2) is 54.4 Å². The van der Waals surface area contributed by atoms with Crippen LogP contribution in [0.5, 0.6) is 0 Å². The maximum atomic E-state index is 13.6. The Bertz CT molecular complexity index is 1120. The van der Waals surface area contributed by atoms with E-state index in [0.29, 0.717) is 31.4 Å². The molecule has 1 aliphatic heterocycles. The molecule has 9 atom stereocenters. The Hall–Kier alpha value is -2.02. The molecule has 6 rings (SSSR count). The Balaban J connectivity index is 1.33. The molecule has 0 amide bonds. The first-order valence-corrected chi connectivity index (χ1v) is 14.6. The van der Waals surface area contributed by atoms with Crippen LogP contribution in [0.3, 0.4) is 0 Å². The summed E-state index contributed by atoms with van der Waals surface area (Å²) >= 11 is 0. The Morgan fingerprint density at radius 1 is 1.18 bits per heavy atom. The lowest BCUT2D eigenvalue weighted by molar-refractivity contribution is -0.237. The standard InChI is InChI=1S/C32H43NO5/c1-20(2)27-12-24-13-30(18-34)26-11-10-21(3)25(26)14-31(24,32(27,30)29(35)36)19-37-28-17-33(15-22(4)38-28)16-23-8-6-5-7-9-23/h5-9,12,18,20-22,24-26,28H,10-11,13-17,19H2,1-4H3,(H,35,36)/t21-,22-,24+,25-,26-,28-,30+,31?,32+/m1/s1. The molecule has 1 aromatic carbocycles. The molecule has 6 nitrogen and oxygen atoms in total. The van der Waals surface area contributed by atoms with Crippen LogP contribution < -0.4 is 0 Å². The van der Waals surface area contributed by atoms with Gasteiger partial charge in [-0.05, 0) is 61.3 Å². The Morgan fingerprint density at radius 3 is 2.63 bits per heavy atom. The second-order valence-electron chi connectivity index (χ2n) is 13.4. The van der Waals surface area contributed by atoms with Crippen molar-refractivity contribution in [2.45, 2.75) is 72.3 Å². The first kappa shape index (κ1) is 26.2. The number of ether oxygens (including phenoxy) is 2. The van der Waals surface area contributed by atoms with Crippen molar-refractivity contribution in [2.75, 3.05) is 19.7 Å². The number of carbonyl (C=O) groups excluding carboxylic acids is 1. The molecule has 1 saturated heterocycles. The number of carboxylic acid groups (broad SMARTS) is 1. The lowest BCUT2D eigenvalue weighted by Crippen LogP contribution is -2.64. The molecule has 6 heteroatoms. The number of fused-ring (bicyclic) bond motifs is 2. The maximum Gasteiger partial charge on any atom is 0.315 e. The van der Waals surface area contributed by atoms with Crippen molar-refractivity contribution in [3.63, 3.8) is 0 Å². The molecular weight excluding hydrogens is 478 g/mol. The summed E-state index contributed by atoms with van der Waals surface area (Å²) in [6.45, 7) is 11.2.